The average molecular weight is 371 g/mol. The van der Waals surface area contributed by atoms with Crippen LogP contribution in [0.25, 0.3) is 0 Å². The lowest BCUT2D eigenvalue weighted by Gasteiger charge is -2.41. The van der Waals surface area contributed by atoms with Gasteiger partial charge in [-0.3, -0.25) is 4.84 Å². The van der Waals surface area contributed by atoms with Crippen LogP contribution in [-0.2, 0) is 4.84 Å². The molecule has 0 saturated carbocycles. The molecule has 0 bridgehead atoms. The first-order chi connectivity index (χ1) is 13.1. The molecule has 3 heterocycles. The Kier molecular flexibility index (Phi) is 4.89. The predicted octanol–water partition coefficient (Wildman–Crippen LogP) is 2.62. The highest BCUT2D eigenvalue weighted by Gasteiger charge is 2.38. The largest absolute Gasteiger partial charge is 0.344 e. The first-order valence-corrected chi connectivity index (χ1v) is 9.13. The topological polar surface area (TPSA) is 61.8 Å². The van der Waals surface area contributed by atoms with Crippen molar-refractivity contribution in [3.05, 3.63) is 54.1 Å². The molecule has 2 saturated heterocycles. The zero-order valence-electron chi connectivity index (χ0n) is 15.2. The second-order valence-electron chi connectivity index (χ2n) is 6.85. The van der Waals surface area contributed by atoms with Crippen LogP contribution in [0, 0.1) is 5.82 Å². The number of amides is 2. The number of hydrogen-bond donors (Lipinski definition) is 0. The van der Waals surface area contributed by atoms with Gasteiger partial charge in [0.15, 0.2) is 5.82 Å². The van der Waals surface area contributed by atoms with E-state index in [1.807, 2.05) is 47.1 Å². The quantitative estimate of drug-likeness (QED) is 0.812. The van der Waals surface area contributed by atoms with Gasteiger partial charge in [-0.05, 0) is 12.5 Å². The van der Waals surface area contributed by atoms with Gasteiger partial charge in [-0.1, -0.05) is 30.3 Å². The van der Waals surface area contributed by atoms with Crippen molar-refractivity contribution in [2.75, 3.05) is 31.1 Å². The second-order valence-corrected chi connectivity index (χ2v) is 6.85. The Morgan fingerprint density at radius 3 is 2.63 bits per heavy atom. The minimum absolute atomic E-state index is 0.0412. The Hall–Kier alpha value is -2.74. The van der Waals surface area contributed by atoms with Crippen LogP contribution in [0.3, 0.4) is 0 Å². The van der Waals surface area contributed by atoms with E-state index < -0.39 is 5.82 Å². The number of piperazine rings is 1. The van der Waals surface area contributed by atoms with Crippen LogP contribution in [0.4, 0.5) is 15.1 Å². The average Bonchev–Trinajstić information content (AvgIpc) is 3.18. The SMILES string of the molecule is C[C@H]1CN(c2ncc(F)cn2)CCN1C(=O)N1OCC[C@H]1c1ccccc1. The molecule has 8 heteroatoms. The van der Waals surface area contributed by atoms with Gasteiger partial charge in [0.1, 0.15) is 0 Å². The van der Waals surface area contributed by atoms with Crippen molar-refractivity contribution in [2.45, 2.75) is 25.4 Å². The lowest BCUT2D eigenvalue weighted by Crippen LogP contribution is -2.57. The van der Waals surface area contributed by atoms with Crippen molar-refractivity contribution in [3.63, 3.8) is 0 Å². The molecule has 4 rings (SSSR count). The van der Waals surface area contributed by atoms with E-state index >= 15 is 0 Å². The van der Waals surface area contributed by atoms with Gasteiger partial charge >= 0.3 is 6.03 Å². The van der Waals surface area contributed by atoms with Crippen LogP contribution < -0.4 is 4.90 Å². The summed E-state index contributed by atoms with van der Waals surface area (Å²) >= 11 is 0. The molecule has 142 valence electrons. The number of anilines is 1. The van der Waals surface area contributed by atoms with E-state index in [9.17, 15) is 9.18 Å². The molecule has 2 aromatic rings. The van der Waals surface area contributed by atoms with Crippen molar-refractivity contribution in [2.24, 2.45) is 0 Å². The fourth-order valence-corrected chi connectivity index (χ4v) is 3.65. The zero-order valence-corrected chi connectivity index (χ0v) is 15.2. The molecule has 0 N–H and O–H groups in total. The van der Waals surface area contributed by atoms with Crippen molar-refractivity contribution in [1.82, 2.24) is 19.9 Å². The van der Waals surface area contributed by atoms with Crippen LogP contribution in [0.1, 0.15) is 24.9 Å². The molecular formula is C19H22FN5O2. The highest BCUT2D eigenvalue weighted by atomic mass is 19.1. The molecule has 2 aliphatic rings. The van der Waals surface area contributed by atoms with Crippen LogP contribution in [-0.4, -0.2) is 58.2 Å². The number of hydrogen-bond acceptors (Lipinski definition) is 5. The van der Waals surface area contributed by atoms with Gasteiger partial charge < -0.3 is 9.80 Å². The van der Waals surface area contributed by atoms with Crippen LogP contribution in [0.2, 0.25) is 0 Å². The molecule has 7 nitrogen and oxygen atoms in total. The minimum Gasteiger partial charge on any atom is -0.337 e. The summed E-state index contributed by atoms with van der Waals surface area (Å²) in [6.07, 6.45) is 3.10. The third-order valence-electron chi connectivity index (χ3n) is 5.04. The number of rotatable bonds is 2. The highest BCUT2D eigenvalue weighted by molar-refractivity contribution is 5.75. The van der Waals surface area contributed by atoms with Crippen molar-refractivity contribution in [1.29, 1.82) is 0 Å². The third kappa shape index (κ3) is 3.57. The molecule has 27 heavy (non-hydrogen) atoms. The summed E-state index contributed by atoms with van der Waals surface area (Å²) in [5, 5.41) is 1.51. The number of benzene rings is 1. The molecule has 0 aliphatic carbocycles. The molecule has 1 aromatic carbocycles. The summed E-state index contributed by atoms with van der Waals surface area (Å²) in [5.41, 5.74) is 1.08. The summed E-state index contributed by atoms with van der Waals surface area (Å²) in [4.78, 5) is 30.6. The normalized spacial score (nSPS) is 23.0. The highest BCUT2D eigenvalue weighted by Crippen LogP contribution is 2.32. The van der Waals surface area contributed by atoms with Gasteiger partial charge in [-0.25, -0.2) is 19.2 Å². The summed E-state index contributed by atoms with van der Waals surface area (Å²) in [7, 11) is 0. The summed E-state index contributed by atoms with van der Waals surface area (Å²) < 4.78 is 13.0. The van der Waals surface area contributed by atoms with E-state index in [2.05, 4.69) is 9.97 Å². The predicted molar refractivity (Wildman–Crippen MR) is 97.4 cm³/mol. The maximum atomic E-state index is 13.1. The van der Waals surface area contributed by atoms with Gasteiger partial charge in [0.2, 0.25) is 5.95 Å². The van der Waals surface area contributed by atoms with Crippen molar-refractivity contribution in [3.8, 4) is 0 Å². The van der Waals surface area contributed by atoms with E-state index in [-0.39, 0.29) is 18.1 Å². The fourth-order valence-electron chi connectivity index (χ4n) is 3.65. The van der Waals surface area contributed by atoms with Crippen LogP contribution in [0.5, 0.6) is 0 Å². The second kappa shape index (κ2) is 7.48. The van der Waals surface area contributed by atoms with E-state index in [4.69, 9.17) is 4.84 Å². The van der Waals surface area contributed by atoms with Gasteiger partial charge in [0.05, 0.1) is 25.0 Å². The monoisotopic (exact) mass is 371 g/mol. The molecule has 2 fully saturated rings. The van der Waals surface area contributed by atoms with Gasteiger partial charge in [-0.15, -0.1) is 0 Å². The standard InChI is InChI=1S/C19H22FN5O2/c1-14-13-23(18-21-11-16(20)12-22-18)8-9-24(14)19(26)25-17(7-10-27-25)15-5-3-2-4-6-15/h2-6,11-12,14,17H,7-10,13H2,1H3/t14-,17-/m0/s1. The van der Waals surface area contributed by atoms with E-state index in [0.29, 0.717) is 32.2 Å². The first kappa shape index (κ1) is 17.7. The Morgan fingerprint density at radius 1 is 1.19 bits per heavy atom. The Balaban J connectivity index is 1.44. The van der Waals surface area contributed by atoms with Crippen molar-refractivity contribution >= 4 is 12.0 Å². The summed E-state index contributed by atoms with van der Waals surface area (Å²) in [5.74, 6) is 0.0219. The van der Waals surface area contributed by atoms with Gasteiger partial charge in [0, 0.05) is 32.1 Å². The molecule has 0 radical (unpaired) electrons. The first-order valence-electron chi connectivity index (χ1n) is 9.13. The number of urea groups is 1. The Bertz CT molecular complexity index is 788. The van der Waals surface area contributed by atoms with E-state index in [1.165, 1.54) is 5.06 Å². The molecule has 2 atom stereocenters. The molecular weight excluding hydrogens is 349 g/mol. The Morgan fingerprint density at radius 2 is 1.93 bits per heavy atom. The lowest BCUT2D eigenvalue weighted by atomic mass is 10.0. The fraction of sp³-hybridized carbons (Fsp3) is 0.421. The third-order valence-corrected chi connectivity index (χ3v) is 5.04. The molecule has 0 spiro atoms. The molecule has 2 amide bonds. The molecule has 2 aliphatic heterocycles. The van der Waals surface area contributed by atoms with Crippen molar-refractivity contribution < 1.29 is 14.0 Å². The number of aromatic nitrogens is 2. The zero-order chi connectivity index (χ0) is 18.8. The maximum Gasteiger partial charge on any atom is 0.344 e. The number of hydroxylamine groups is 2. The summed E-state index contributed by atoms with van der Waals surface area (Å²) in [6, 6.07) is 9.73. The lowest BCUT2D eigenvalue weighted by molar-refractivity contribution is -0.101. The van der Waals surface area contributed by atoms with Gasteiger partial charge in [-0.2, -0.15) is 5.06 Å². The van der Waals surface area contributed by atoms with E-state index in [1.54, 1.807) is 0 Å². The van der Waals surface area contributed by atoms with Crippen LogP contribution >= 0.6 is 0 Å². The minimum atomic E-state index is -0.459. The number of carbonyl (C=O) groups is 1. The number of carbonyl (C=O) groups excluding carboxylic acids is 1. The maximum absolute atomic E-state index is 13.1. The number of halogens is 1. The van der Waals surface area contributed by atoms with Crippen LogP contribution in [0.15, 0.2) is 42.7 Å². The van der Waals surface area contributed by atoms with Gasteiger partial charge in [0.25, 0.3) is 0 Å². The number of nitrogens with zero attached hydrogens (tertiary/aromatic N) is 5. The Labute approximate surface area is 157 Å². The smallest absolute Gasteiger partial charge is 0.337 e. The van der Waals surface area contributed by atoms with E-state index in [0.717, 1.165) is 24.4 Å². The molecule has 1 aromatic heterocycles. The summed E-state index contributed by atoms with van der Waals surface area (Å²) in [6.45, 7) is 4.22. The molecule has 0 unspecified atom stereocenters.